The molecule has 4 heteroatoms. The van der Waals surface area contributed by atoms with E-state index in [1.54, 1.807) is 0 Å². The van der Waals surface area contributed by atoms with Gasteiger partial charge in [-0.2, -0.15) is 0 Å². The maximum absolute atomic E-state index is 13.3. The Morgan fingerprint density at radius 2 is 2.33 bits per heavy atom. The number of hydrogen-bond donors (Lipinski definition) is 1. The quantitative estimate of drug-likeness (QED) is 0.912. The lowest BCUT2D eigenvalue weighted by molar-refractivity contribution is -0.00788. The van der Waals surface area contributed by atoms with Gasteiger partial charge in [-0.25, -0.2) is 4.39 Å². The zero-order valence-corrected chi connectivity index (χ0v) is 12.2. The first-order chi connectivity index (χ1) is 8.72. The third-order valence-corrected chi connectivity index (χ3v) is 3.92. The Balaban J connectivity index is 2.19. The molecule has 0 aromatic heterocycles. The van der Waals surface area contributed by atoms with Crippen molar-refractivity contribution in [1.29, 1.82) is 0 Å². The zero-order chi connectivity index (χ0) is 13.0. The molecule has 1 saturated heterocycles. The number of rotatable bonds is 4. The van der Waals surface area contributed by atoms with E-state index in [-0.39, 0.29) is 18.0 Å². The van der Waals surface area contributed by atoms with Crippen molar-refractivity contribution < 1.29 is 9.13 Å². The zero-order valence-electron chi connectivity index (χ0n) is 10.6. The number of nitrogens with one attached hydrogen (secondary N) is 1. The molecule has 0 amide bonds. The van der Waals surface area contributed by atoms with Gasteiger partial charge in [0.25, 0.3) is 0 Å². The summed E-state index contributed by atoms with van der Waals surface area (Å²) in [6.45, 7) is 3.78. The lowest BCUT2D eigenvalue weighted by Gasteiger charge is -2.31. The molecule has 0 spiro atoms. The Labute approximate surface area is 116 Å². The van der Waals surface area contributed by atoms with Crippen molar-refractivity contribution in [2.24, 2.45) is 0 Å². The molecule has 1 aliphatic rings. The smallest absolute Gasteiger partial charge is 0.137 e. The van der Waals surface area contributed by atoms with Gasteiger partial charge >= 0.3 is 0 Å². The Kier molecular flexibility index (Phi) is 5.15. The Morgan fingerprint density at radius 1 is 1.50 bits per heavy atom. The fourth-order valence-corrected chi connectivity index (χ4v) is 2.81. The van der Waals surface area contributed by atoms with Crippen LogP contribution in [0, 0.1) is 5.82 Å². The molecule has 1 aromatic rings. The maximum Gasteiger partial charge on any atom is 0.137 e. The van der Waals surface area contributed by atoms with E-state index in [1.807, 2.05) is 12.1 Å². The molecular weight excluding hydrogens is 297 g/mol. The van der Waals surface area contributed by atoms with E-state index >= 15 is 0 Å². The molecule has 0 bridgehead atoms. The van der Waals surface area contributed by atoms with Crippen LogP contribution in [0.4, 0.5) is 4.39 Å². The fraction of sp³-hybridized carbons (Fsp3) is 0.571. The van der Waals surface area contributed by atoms with E-state index in [0.29, 0.717) is 4.47 Å². The highest BCUT2D eigenvalue weighted by Crippen LogP contribution is 2.29. The van der Waals surface area contributed by atoms with Crippen LogP contribution < -0.4 is 5.32 Å². The predicted octanol–water partition coefficient (Wildman–Crippen LogP) is 3.81. The summed E-state index contributed by atoms with van der Waals surface area (Å²) in [4.78, 5) is 0. The average Bonchev–Trinajstić information content (AvgIpc) is 2.40. The van der Waals surface area contributed by atoms with E-state index in [1.165, 1.54) is 12.5 Å². The number of hydrogen-bond acceptors (Lipinski definition) is 2. The Bertz CT molecular complexity index is 393. The average molecular weight is 316 g/mol. The van der Waals surface area contributed by atoms with Gasteiger partial charge in [0.1, 0.15) is 5.82 Å². The summed E-state index contributed by atoms with van der Waals surface area (Å²) < 4.78 is 19.6. The van der Waals surface area contributed by atoms with Crippen LogP contribution in [0.5, 0.6) is 0 Å². The first-order valence-electron chi connectivity index (χ1n) is 6.52. The highest BCUT2D eigenvalue weighted by atomic mass is 79.9. The summed E-state index contributed by atoms with van der Waals surface area (Å²) in [5.74, 6) is -0.224. The van der Waals surface area contributed by atoms with Crippen molar-refractivity contribution in [2.75, 3.05) is 13.2 Å². The van der Waals surface area contributed by atoms with Crippen LogP contribution in [0.15, 0.2) is 22.7 Å². The SMILES string of the molecule is CCNC(c1ccc(F)c(Br)c1)C1CCCCO1. The molecule has 0 radical (unpaired) electrons. The van der Waals surface area contributed by atoms with Gasteiger partial charge in [0.05, 0.1) is 16.6 Å². The summed E-state index contributed by atoms with van der Waals surface area (Å²) >= 11 is 3.25. The van der Waals surface area contributed by atoms with Crippen molar-refractivity contribution in [3.63, 3.8) is 0 Å². The third kappa shape index (κ3) is 3.31. The molecule has 1 heterocycles. The van der Waals surface area contributed by atoms with Crippen molar-refractivity contribution in [2.45, 2.75) is 38.3 Å². The molecule has 0 saturated carbocycles. The normalized spacial score (nSPS) is 21.8. The van der Waals surface area contributed by atoms with Crippen molar-refractivity contribution in [1.82, 2.24) is 5.32 Å². The van der Waals surface area contributed by atoms with E-state index in [2.05, 4.69) is 28.2 Å². The topological polar surface area (TPSA) is 21.3 Å². The van der Waals surface area contributed by atoms with Crippen LogP contribution in [-0.4, -0.2) is 19.3 Å². The fourth-order valence-electron chi connectivity index (χ4n) is 2.42. The molecule has 1 aromatic carbocycles. The van der Waals surface area contributed by atoms with Gasteiger partial charge in [-0.05, 0) is 59.4 Å². The van der Waals surface area contributed by atoms with Gasteiger partial charge in [0.15, 0.2) is 0 Å². The number of benzene rings is 1. The molecule has 2 unspecified atom stereocenters. The van der Waals surface area contributed by atoms with E-state index in [4.69, 9.17) is 4.74 Å². The second kappa shape index (κ2) is 6.64. The molecule has 1 N–H and O–H groups in total. The van der Waals surface area contributed by atoms with Crippen LogP contribution in [0.1, 0.15) is 37.8 Å². The summed E-state index contributed by atoms with van der Waals surface area (Å²) in [6, 6.07) is 5.34. The molecule has 100 valence electrons. The summed E-state index contributed by atoms with van der Waals surface area (Å²) in [7, 11) is 0. The van der Waals surface area contributed by atoms with Gasteiger partial charge in [0, 0.05) is 6.61 Å². The van der Waals surface area contributed by atoms with Gasteiger partial charge in [-0.15, -0.1) is 0 Å². The van der Waals surface area contributed by atoms with Crippen LogP contribution in [0.3, 0.4) is 0 Å². The lowest BCUT2D eigenvalue weighted by Crippen LogP contribution is -2.36. The standard InChI is InChI=1S/C14H19BrFNO/c1-2-17-14(13-5-3-4-8-18-13)10-6-7-12(16)11(15)9-10/h6-7,9,13-14,17H,2-5,8H2,1H3. The molecule has 18 heavy (non-hydrogen) atoms. The van der Waals surface area contributed by atoms with E-state index < -0.39 is 0 Å². The second-order valence-electron chi connectivity index (χ2n) is 4.61. The second-order valence-corrected chi connectivity index (χ2v) is 5.47. The summed E-state index contributed by atoms with van der Waals surface area (Å²) in [5.41, 5.74) is 1.08. The number of halogens is 2. The van der Waals surface area contributed by atoms with Crippen LogP contribution in [-0.2, 0) is 4.74 Å². The first kappa shape index (κ1) is 14.0. The Morgan fingerprint density at radius 3 is 2.94 bits per heavy atom. The Hall–Kier alpha value is -0.450. The minimum Gasteiger partial charge on any atom is -0.376 e. The van der Waals surface area contributed by atoms with Gasteiger partial charge in [-0.1, -0.05) is 13.0 Å². The van der Waals surface area contributed by atoms with Crippen LogP contribution >= 0.6 is 15.9 Å². The monoisotopic (exact) mass is 315 g/mol. The van der Waals surface area contributed by atoms with Crippen LogP contribution in [0.25, 0.3) is 0 Å². The minimum atomic E-state index is -0.224. The molecule has 2 nitrogen and oxygen atoms in total. The molecular formula is C14H19BrFNO. The molecule has 2 atom stereocenters. The van der Waals surface area contributed by atoms with Gasteiger partial charge in [-0.3, -0.25) is 0 Å². The van der Waals surface area contributed by atoms with Crippen molar-refractivity contribution in [3.05, 3.63) is 34.1 Å². The van der Waals surface area contributed by atoms with E-state index in [0.717, 1.165) is 31.6 Å². The maximum atomic E-state index is 13.3. The molecule has 1 aliphatic heterocycles. The summed E-state index contributed by atoms with van der Waals surface area (Å²) in [5, 5.41) is 3.45. The first-order valence-corrected chi connectivity index (χ1v) is 7.31. The number of likely N-dealkylation sites (N-methyl/N-ethyl adjacent to an activating group) is 1. The largest absolute Gasteiger partial charge is 0.376 e. The van der Waals surface area contributed by atoms with Crippen molar-refractivity contribution in [3.8, 4) is 0 Å². The number of ether oxygens (including phenoxy) is 1. The lowest BCUT2D eigenvalue weighted by atomic mass is 9.95. The van der Waals surface area contributed by atoms with E-state index in [9.17, 15) is 4.39 Å². The van der Waals surface area contributed by atoms with Crippen LogP contribution in [0.2, 0.25) is 0 Å². The molecule has 1 fully saturated rings. The highest BCUT2D eigenvalue weighted by Gasteiger charge is 2.25. The molecule has 2 rings (SSSR count). The minimum absolute atomic E-state index is 0.146. The third-order valence-electron chi connectivity index (χ3n) is 3.31. The molecule has 0 aliphatic carbocycles. The van der Waals surface area contributed by atoms with Gasteiger partial charge in [0.2, 0.25) is 0 Å². The van der Waals surface area contributed by atoms with Crippen molar-refractivity contribution >= 4 is 15.9 Å². The predicted molar refractivity (Wildman–Crippen MR) is 74.1 cm³/mol. The highest BCUT2D eigenvalue weighted by molar-refractivity contribution is 9.10. The van der Waals surface area contributed by atoms with Gasteiger partial charge < -0.3 is 10.1 Å². The summed E-state index contributed by atoms with van der Waals surface area (Å²) in [6.07, 6.45) is 3.60.